The summed E-state index contributed by atoms with van der Waals surface area (Å²) in [5, 5.41) is 0. The molecule has 0 amide bonds. The van der Waals surface area contributed by atoms with Crippen LogP contribution >= 0.6 is 7.82 Å². The van der Waals surface area contributed by atoms with Gasteiger partial charge in [0.05, 0.1) is 19.8 Å². The summed E-state index contributed by atoms with van der Waals surface area (Å²) in [7, 11) is -1.16. The summed E-state index contributed by atoms with van der Waals surface area (Å²) in [5.41, 5.74) is 0. The van der Waals surface area contributed by atoms with Gasteiger partial charge in [-0.1, -0.05) is 65.2 Å². The van der Waals surface area contributed by atoms with E-state index in [1.165, 1.54) is 77.2 Å². The first-order valence-corrected chi connectivity index (χ1v) is 14.9. The van der Waals surface area contributed by atoms with Crippen molar-refractivity contribution in [2.45, 2.75) is 105 Å². The van der Waals surface area contributed by atoms with Crippen LogP contribution in [-0.2, 0) is 18.1 Å². The van der Waals surface area contributed by atoms with Gasteiger partial charge in [-0.25, -0.2) is 4.57 Å². The first-order chi connectivity index (χ1) is 15.5. The fourth-order valence-corrected chi connectivity index (χ4v) is 5.01. The predicted molar refractivity (Wildman–Crippen MR) is 137 cm³/mol. The SMILES string of the molecule is CCCCCCCCCCN(CCCOP(=O)(OCC)OCC)CCCN(C)CCCC. The summed E-state index contributed by atoms with van der Waals surface area (Å²) in [6.07, 6.45) is 15.3. The average Bonchev–Trinajstić information content (AvgIpc) is 2.77. The number of hydrogen-bond donors (Lipinski definition) is 0. The van der Waals surface area contributed by atoms with Crippen LogP contribution in [0.1, 0.15) is 105 Å². The number of phosphoric ester groups is 1. The van der Waals surface area contributed by atoms with Gasteiger partial charge in [-0.05, 0) is 72.8 Å². The Morgan fingerprint density at radius 1 is 0.562 bits per heavy atom. The van der Waals surface area contributed by atoms with Gasteiger partial charge in [-0.15, -0.1) is 0 Å². The highest BCUT2D eigenvalue weighted by molar-refractivity contribution is 7.48. The van der Waals surface area contributed by atoms with Gasteiger partial charge in [-0.2, -0.15) is 0 Å². The van der Waals surface area contributed by atoms with E-state index in [4.69, 9.17) is 13.6 Å². The molecule has 7 heteroatoms. The van der Waals surface area contributed by atoms with E-state index in [0.717, 1.165) is 32.6 Å². The van der Waals surface area contributed by atoms with E-state index in [0.29, 0.717) is 19.8 Å². The van der Waals surface area contributed by atoms with Crippen LogP contribution in [0.15, 0.2) is 0 Å². The molecule has 0 N–H and O–H groups in total. The second kappa shape index (κ2) is 22.8. The van der Waals surface area contributed by atoms with Gasteiger partial charge in [0.2, 0.25) is 0 Å². The normalized spacial score (nSPS) is 12.3. The molecule has 0 bridgehead atoms. The molecule has 0 fully saturated rings. The maximum atomic E-state index is 12.4. The number of phosphoric acid groups is 1. The maximum Gasteiger partial charge on any atom is 0.474 e. The van der Waals surface area contributed by atoms with Gasteiger partial charge in [-0.3, -0.25) is 13.6 Å². The molecular weight excluding hydrogens is 423 g/mol. The monoisotopic (exact) mass is 478 g/mol. The summed E-state index contributed by atoms with van der Waals surface area (Å²) in [5.74, 6) is 0. The zero-order valence-corrected chi connectivity index (χ0v) is 23.0. The summed E-state index contributed by atoms with van der Waals surface area (Å²) in [6.45, 7) is 14.7. The lowest BCUT2D eigenvalue weighted by Crippen LogP contribution is -2.31. The van der Waals surface area contributed by atoms with Crippen LogP contribution in [0.5, 0.6) is 0 Å². The number of hydrogen-bond acceptors (Lipinski definition) is 6. The third-order valence-electron chi connectivity index (χ3n) is 5.68. The Hall–Kier alpha value is 0.0300. The molecule has 0 spiro atoms. The van der Waals surface area contributed by atoms with Crippen molar-refractivity contribution < 1.29 is 18.1 Å². The van der Waals surface area contributed by atoms with Gasteiger partial charge in [0.1, 0.15) is 0 Å². The molecule has 0 unspecified atom stereocenters. The van der Waals surface area contributed by atoms with Crippen molar-refractivity contribution >= 4 is 7.82 Å². The molecule has 0 aliphatic heterocycles. The maximum absolute atomic E-state index is 12.4. The highest BCUT2D eigenvalue weighted by Gasteiger charge is 2.24. The lowest BCUT2D eigenvalue weighted by atomic mass is 10.1. The minimum absolute atomic E-state index is 0.327. The standard InChI is InChI=1S/C25H55N2O4P/c1-6-10-12-13-14-15-16-17-22-27(23-18-21-26(5)20-11-7-2)24-19-25-31-32(28,29-8-3)30-9-4/h6-25H2,1-5H3. The first kappa shape index (κ1) is 32.0. The molecule has 0 aromatic carbocycles. The zero-order valence-electron chi connectivity index (χ0n) is 22.1. The smallest absolute Gasteiger partial charge is 0.306 e. The van der Waals surface area contributed by atoms with Gasteiger partial charge in [0.25, 0.3) is 0 Å². The Morgan fingerprint density at radius 2 is 1.06 bits per heavy atom. The molecule has 194 valence electrons. The Bertz CT molecular complexity index is 430. The number of nitrogens with zero attached hydrogens (tertiary/aromatic N) is 2. The van der Waals surface area contributed by atoms with Crippen LogP contribution < -0.4 is 0 Å². The quantitative estimate of drug-likeness (QED) is 0.103. The van der Waals surface area contributed by atoms with Gasteiger partial charge in [0, 0.05) is 6.54 Å². The molecule has 0 aliphatic rings. The van der Waals surface area contributed by atoms with Crippen molar-refractivity contribution in [3.63, 3.8) is 0 Å². The Kier molecular flexibility index (Phi) is 22.8. The molecule has 0 aromatic heterocycles. The fourth-order valence-electron chi connectivity index (χ4n) is 3.80. The first-order valence-electron chi connectivity index (χ1n) is 13.5. The van der Waals surface area contributed by atoms with Crippen molar-refractivity contribution in [3.8, 4) is 0 Å². The summed E-state index contributed by atoms with van der Waals surface area (Å²) < 4.78 is 28.4. The van der Waals surface area contributed by atoms with Crippen LogP contribution in [0, 0.1) is 0 Å². The minimum Gasteiger partial charge on any atom is -0.306 e. The van der Waals surface area contributed by atoms with Crippen molar-refractivity contribution in [2.75, 3.05) is 59.6 Å². The average molecular weight is 479 g/mol. The Morgan fingerprint density at radius 3 is 1.66 bits per heavy atom. The fraction of sp³-hybridized carbons (Fsp3) is 1.00. The summed E-state index contributed by atoms with van der Waals surface area (Å²) in [4.78, 5) is 5.00. The predicted octanol–water partition coefficient (Wildman–Crippen LogP) is 7.14. The Balaban J connectivity index is 4.28. The lowest BCUT2D eigenvalue weighted by molar-refractivity contribution is 0.116. The van der Waals surface area contributed by atoms with E-state index in [1.807, 2.05) is 0 Å². The van der Waals surface area contributed by atoms with Crippen molar-refractivity contribution in [1.82, 2.24) is 9.80 Å². The van der Waals surface area contributed by atoms with E-state index in [-0.39, 0.29) is 0 Å². The number of unbranched alkanes of at least 4 members (excludes halogenated alkanes) is 8. The molecular formula is C25H55N2O4P. The molecule has 0 saturated heterocycles. The van der Waals surface area contributed by atoms with Gasteiger partial charge < -0.3 is 9.80 Å². The third-order valence-corrected chi connectivity index (χ3v) is 7.33. The molecule has 0 rings (SSSR count). The van der Waals surface area contributed by atoms with E-state index < -0.39 is 7.82 Å². The molecule has 0 aromatic rings. The van der Waals surface area contributed by atoms with Gasteiger partial charge >= 0.3 is 7.82 Å². The van der Waals surface area contributed by atoms with Crippen molar-refractivity contribution in [2.24, 2.45) is 0 Å². The lowest BCUT2D eigenvalue weighted by Gasteiger charge is -2.24. The highest BCUT2D eigenvalue weighted by atomic mass is 31.2. The van der Waals surface area contributed by atoms with E-state index >= 15 is 0 Å². The topological polar surface area (TPSA) is 51.2 Å². The second-order valence-corrected chi connectivity index (χ2v) is 10.5. The van der Waals surface area contributed by atoms with Crippen molar-refractivity contribution in [3.05, 3.63) is 0 Å². The molecule has 0 heterocycles. The minimum atomic E-state index is -3.39. The molecule has 32 heavy (non-hydrogen) atoms. The van der Waals surface area contributed by atoms with Crippen LogP contribution in [0.25, 0.3) is 0 Å². The molecule has 6 nitrogen and oxygen atoms in total. The second-order valence-electron chi connectivity index (χ2n) is 8.80. The highest BCUT2D eigenvalue weighted by Crippen LogP contribution is 2.49. The molecule has 0 aliphatic carbocycles. The van der Waals surface area contributed by atoms with Gasteiger partial charge in [0.15, 0.2) is 0 Å². The van der Waals surface area contributed by atoms with Crippen LogP contribution in [-0.4, -0.2) is 69.4 Å². The molecule has 0 atom stereocenters. The van der Waals surface area contributed by atoms with Crippen LogP contribution in [0.2, 0.25) is 0 Å². The summed E-state index contributed by atoms with van der Waals surface area (Å²) in [6, 6.07) is 0. The van der Waals surface area contributed by atoms with Crippen LogP contribution in [0.4, 0.5) is 0 Å². The molecule has 0 radical (unpaired) electrons. The largest absolute Gasteiger partial charge is 0.474 e. The van der Waals surface area contributed by atoms with Crippen LogP contribution in [0.3, 0.4) is 0 Å². The number of rotatable bonds is 25. The Labute approximate surface area is 200 Å². The zero-order chi connectivity index (χ0) is 23.9. The summed E-state index contributed by atoms with van der Waals surface area (Å²) >= 11 is 0. The van der Waals surface area contributed by atoms with Crippen molar-refractivity contribution in [1.29, 1.82) is 0 Å². The van der Waals surface area contributed by atoms with E-state index in [2.05, 4.69) is 30.7 Å². The third kappa shape index (κ3) is 19.5. The van der Waals surface area contributed by atoms with E-state index in [9.17, 15) is 4.57 Å². The van der Waals surface area contributed by atoms with E-state index in [1.54, 1.807) is 13.8 Å². The molecule has 0 saturated carbocycles.